The number of hydrogen-bond donors (Lipinski definition) is 1. The van der Waals surface area contributed by atoms with Crippen LogP contribution in [0.2, 0.25) is 0 Å². The molecule has 3 aliphatic rings. The highest BCUT2D eigenvalue weighted by Gasteiger charge is 2.27. The van der Waals surface area contributed by atoms with E-state index < -0.39 is 0 Å². The highest BCUT2D eigenvalue weighted by Crippen LogP contribution is 2.34. The lowest BCUT2D eigenvalue weighted by molar-refractivity contribution is 0.0933. The number of anilines is 2. The Bertz CT molecular complexity index is 1010. The van der Waals surface area contributed by atoms with Crippen LogP contribution in [0, 0.1) is 0 Å². The topological polar surface area (TPSA) is 57.3 Å². The summed E-state index contributed by atoms with van der Waals surface area (Å²) < 4.78 is 10.9. The van der Waals surface area contributed by atoms with Gasteiger partial charge in [-0.3, -0.25) is 4.79 Å². The summed E-state index contributed by atoms with van der Waals surface area (Å²) in [4.78, 5) is 20.3. The average molecular weight is 479 g/mol. The highest BCUT2D eigenvalue weighted by molar-refractivity contribution is 5.94. The minimum absolute atomic E-state index is 0.0150. The number of morpholine rings is 1. The van der Waals surface area contributed by atoms with E-state index in [1.165, 1.54) is 22.4 Å². The first-order valence-electron chi connectivity index (χ1n) is 12.9. The van der Waals surface area contributed by atoms with Crippen molar-refractivity contribution >= 4 is 17.3 Å². The van der Waals surface area contributed by atoms with Gasteiger partial charge in [-0.25, -0.2) is 0 Å². The Labute approximate surface area is 209 Å². The van der Waals surface area contributed by atoms with Gasteiger partial charge < -0.3 is 29.5 Å². The Balaban J connectivity index is 1.29. The number of ether oxygens (including phenoxy) is 2. The van der Waals surface area contributed by atoms with Gasteiger partial charge in [-0.1, -0.05) is 6.07 Å². The lowest BCUT2D eigenvalue weighted by Gasteiger charge is -2.38. The third kappa shape index (κ3) is 5.47. The van der Waals surface area contributed by atoms with Gasteiger partial charge in [0.1, 0.15) is 0 Å². The average Bonchev–Trinajstić information content (AvgIpc) is 2.90. The molecule has 1 unspecified atom stereocenters. The van der Waals surface area contributed by atoms with Gasteiger partial charge in [0, 0.05) is 69.4 Å². The van der Waals surface area contributed by atoms with Crippen molar-refractivity contribution in [3.05, 3.63) is 58.7 Å². The molecule has 0 saturated carbocycles. The normalized spacial score (nSPS) is 21.0. The Morgan fingerprint density at radius 3 is 2.43 bits per heavy atom. The molecule has 188 valence electrons. The maximum absolute atomic E-state index is 13.1. The van der Waals surface area contributed by atoms with Gasteiger partial charge in [-0.15, -0.1) is 0 Å². The number of carbonyl (C=O) groups excluding carboxylic acids is 1. The van der Waals surface area contributed by atoms with Gasteiger partial charge in [-0.2, -0.15) is 0 Å². The fourth-order valence-corrected chi connectivity index (χ4v) is 5.61. The predicted molar refractivity (Wildman–Crippen MR) is 140 cm³/mol. The van der Waals surface area contributed by atoms with E-state index in [1.54, 1.807) is 7.11 Å². The largest absolute Gasteiger partial charge is 0.380 e. The maximum atomic E-state index is 13.1. The number of fused-ring (bicyclic) bond motifs is 1. The Hall–Kier alpha value is -2.61. The maximum Gasteiger partial charge on any atom is 0.251 e. The first kappa shape index (κ1) is 24.1. The number of likely N-dealkylation sites (N-methyl/N-ethyl adjacent to an activating group) is 1. The zero-order chi connectivity index (χ0) is 24.2. The standard InChI is InChI=1S/C28H38N4O3/c1-30-11-13-32(14-12-30)27-10-5-22(20-34-2)25-9-6-23(19-26(25)27)29-28(33)21-3-7-24(8-4-21)31-15-17-35-18-16-31/h3-5,7-8,10,23H,6,9,11-20H2,1-2H3,(H,29,33). The molecule has 5 rings (SSSR count). The van der Waals surface area contributed by atoms with Gasteiger partial charge in [0.25, 0.3) is 5.91 Å². The Kier molecular flexibility index (Phi) is 7.56. The van der Waals surface area contributed by atoms with Crippen molar-refractivity contribution in [2.75, 3.05) is 76.4 Å². The van der Waals surface area contributed by atoms with Gasteiger partial charge in [0.2, 0.25) is 0 Å². The fraction of sp³-hybridized carbons (Fsp3) is 0.536. The van der Waals surface area contributed by atoms with Crippen molar-refractivity contribution in [3.63, 3.8) is 0 Å². The van der Waals surface area contributed by atoms with Gasteiger partial charge in [0.15, 0.2) is 0 Å². The molecule has 7 nitrogen and oxygen atoms in total. The summed E-state index contributed by atoms with van der Waals surface area (Å²) in [5.74, 6) is 0.0150. The van der Waals surface area contributed by atoms with Crippen LogP contribution in [-0.2, 0) is 28.9 Å². The number of nitrogens with zero attached hydrogens (tertiary/aromatic N) is 3. The monoisotopic (exact) mass is 478 g/mol. The predicted octanol–water partition coefficient (Wildman–Crippen LogP) is 2.71. The third-order valence-electron chi connectivity index (χ3n) is 7.68. The van der Waals surface area contributed by atoms with E-state index in [-0.39, 0.29) is 11.9 Å². The quantitative estimate of drug-likeness (QED) is 0.689. The molecule has 0 aromatic heterocycles. The zero-order valence-corrected chi connectivity index (χ0v) is 21.1. The smallest absolute Gasteiger partial charge is 0.251 e. The van der Waals surface area contributed by atoms with Crippen LogP contribution in [0.3, 0.4) is 0 Å². The van der Waals surface area contributed by atoms with Gasteiger partial charge in [0.05, 0.1) is 19.8 Å². The molecule has 2 aromatic rings. The SMILES string of the molecule is COCc1ccc(N2CCN(C)CC2)c2c1CCC(NC(=O)c1ccc(N3CCOCC3)cc1)C2. The summed E-state index contributed by atoms with van der Waals surface area (Å²) in [5, 5.41) is 3.33. The summed E-state index contributed by atoms with van der Waals surface area (Å²) in [5.41, 5.74) is 7.30. The number of rotatable bonds is 6. The molecule has 2 aromatic carbocycles. The second-order valence-corrected chi connectivity index (χ2v) is 9.98. The Morgan fingerprint density at radius 1 is 0.971 bits per heavy atom. The second kappa shape index (κ2) is 11.0. The van der Waals surface area contributed by atoms with Crippen LogP contribution in [0.15, 0.2) is 36.4 Å². The molecule has 1 amide bonds. The molecule has 2 saturated heterocycles. The van der Waals surface area contributed by atoms with E-state index in [0.29, 0.717) is 6.61 Å². The second-order valence-electron chi connectivity index (χ2n) is 9.98. The number of nitrogens with one attached hydrogen (secondary N) is 1. The first-order chi connectivity index (χ1) is 17.1. The van der Waals surface area contributed by atoms with E-state index in [1.807, 2.05) is 12.1 Å². The lowest BCUT2D eigenvalue weighted by Crippen LogP contribution is -2.45. The molecule has 2 heterocycles. The van der Waals surface area contributed by atoms with Crippen molar-refractivity contribution in [2.45, 2.75) is 31.9 Å². The third-order valence-corrected chi connectivity index (χ3v) is 7.68. The van der Waals surface area contributed by atoms with Crippen molar-refractivity contribution < 1.29 is 14.3 Å². The molecule has 0 spiro atoms. The van der Waals surface area contributed by atoms with Crippen molar-refractivity contribution in [3.8, 4) is 0 Å². The number of amides is 1. The minimum Gasteiger partial charge on any atom is -0.380 e. The molecule has 2 aliphatic heterocycles. The highest BCUT2D eigenvalue weighted by atomic mass is 16.5. The van der Waals surface area contributed by atoms with E-state index in [0.717, 1.165) is 83.0 Å². The number of hydrogen-bond acceptors (Lipinski definition) is 6. The Morgan fingerprint density at radius 2 is 1.71 bits per heavy atom. The van der Waals surface area contributed by atoms with Crippen molar-refractivity contribution in [2.24, 2.45) is 0 Å². The number of carbonyl (C=O) groups is 1. The molecule has 0 bridgehead atoms. The summed E-state index contributed by atoms with van der Waals surface area (Å²) >= 11 is 0. The molecule has 1 aliphatic carbocycles. The van der Waals surface area contributed by atoms with Crippen LogP contribution in [0.5, 0.6) is 0 Å². The molecular formula is C28H38N4O3. The molecule has 7 heteroatoms. The van der Waals surface area contributed by atoms with Crippen LogP contribution in [0.1, 0.15) is 33.5 Å². The number of benzene rings is 2. The number of piperazine rings is 1. The fourth-order valence-electron chi connectivity index (χ4n) is 5.61. The van der Waals surface area contributed by atoms with Crippen molar-refractivity contribution in [1.82, 2.24) is 10.2 Å². The molecule has 0 radical (unpaired) electrons. The zero-order valence-electron chi connectivity index (χ0n) is 21.1. The lowest BCUT2D eigenvalue weighted by atomic mass is 9.83. The molecule has 1 atom stereocenters. The molecule has 35 heavy (non-hydrogen) atoms. The summed E-state index contributed by atoms with van der Waals surface area (Å²) in [6.07, 6.45) is 2.79. The van der Waals surface area contributed by atoms with Crippen LogP contribution >= 0.6 is 0 Å². The van der Waals surface area contributed by atoms with Crippen molar-refractivity contribution in [1.29, 1.82) is 0 Å². The van der Waals surface area contributed by atoms with E-state index >= 15 is 0 Å². The minimum atomic E-state index is 0.0150. The van der Waals surface area contributed by atoms with E-state index in [2.05, 4.69) is 51.3 Å². The summed E-state index contributed by atoms with van der Waals surface area (Å²) in [6.45, 7) is 8.18. The summed E-state index contributed by atoms with van der Waals surface area (Å²) in [7, 11) is 3.95. The molecule has 1 N–H and O–H groups in total. The van der Waals surface area contributed by atoms with Gasteiger partial charge >= 0.3 is 0 Å². The van der Waals surface area contributed by atoms with E-state index in [9.17, 15) is 4.79 Å². The van der Waals surface area contributed by atoms with E-state index in [4.69, 9.17) is 9.47 Å². The molecule has 2 fully saturated rings. The summed E-state index contributed by atoms with van der Waals surface area (Å²) in [6, 6.07) is 12.7. The van der Waals surface area contributed by atoms with Crippen LogP contribution in [0.25, 0.3) is 0 Å². The van der Waals surface area contributed by atoms with Crippen LogP contribution in [-0.4, -0.2) is 83.5 Å². The first-order valence-corrected chi connectivity index (χ1v) is 12.9. The van der Waals surface area contributed by atoms with Gasteiger partial charge in [-0.05, 0) is 73.3 Å². The molecular weight excluding hydrogens is 440 g/mol. The van der Waals surface area contributed by atoms with Crippen LogP contribution in [0.4, 0.5) is 11.4 Å². The van der Waals surface area contributed by atoms with Crippen LogP contribution < -0.4 is 15.1 Å². The number of methoxy groups -OCH3 is 1.